The summed E-state index contributed by atoms with van der Waals surface area (Å²) in [5, 5.41) is 9.14. The molecule has 1 saturated heterocycles. The normalized spacial score (nSPS) is 36.7. The third-order valence-electron chi connectivity index (χ3n) is 4.14. The van der Waals surface area contributed by atoms with Gasteiger partial charge in [0.05, 0.1) is 19.3 Å². The lowest BCUT2D eigenvalue weighted by atomic mass is 9.94. The van der Waals surface area contributed by atoms with E-state index in [2.05, 4.69) is 4.90 Å². The van der Waals surface area contributed by atoms with E-state index in [1.165, 1.54) is 32.1 Å². The van der Waals surface area contributed by atoms with Crippen LogP contribution < -0.4 is 5.73 Å². The lowest BCUT2D eigenvalue weighted by Crippen LogP contribution is -2.48. The van der Waals surface area contributed by atoms with Crippen LogP contribution in [0.25, 0.3) is 0 Å². The van der Waals surface area contributed by atoms with Crippen LogP contribution in [0.15, 0.2) is 0 Å². The van der Waals surface area contributed by atoms with Crippen molar-refractivity contribution in [2.75, 3.05) is 32.8 Å². The first kappa shape index (κ1) is 13.3. The zero-order valence-electron chi connectivity index (χ0n) is 10.7. The highest BCUT2D eigenvalue weighted by molar-refractivity contribution is 4.81. The first-order valence-electron chi connectivity index (χ1n) is 7.00. The molecule has 4 nitrogen and oxygen atoms in total. The Hall–Kier alpha value is -0.160. The van der Waals surface area contributed by atoms with Crippen molar-refractivity contribution in [2.45, 2.75) is 44.2 Å². The number of aliphatic hydroxyl groups is 1. The van der Waals surface area contributed by atoms with Crippen LogP contribution in [0.1, 0.15) is 32.1 Å². The van der Waals surface area contributed by atoms with Crippen LogP contribution >= 0.6 is 0 Å². The number of hydrogen-bond acceptors (Lipinski definition) is 4. The predicted molar refractivity (Wildman–Crippen MR) is 67.8 cm³/mol. The molecule has 0 aromatic carbocycles. The Balaban J connectivity index is 1.81. The molecule has 3 N–H and O–H groups in total. The zero-order chi connectivity index (χ0) is 12.1. The van der Waals surface area contributed by atoms with E-state index in [0.29, 0.717) is 12.0 Å². The smallest absolute Gasteiger partial charge is 0.0932 e. The van der Waals surface area contributed by atoms with Crippen LogP contribution in [0.2, 0.25) is 0 Å². The van der Waals surface area contributed by atoms with Gasteiger partial charge in [-0.25, -0.2) is 0 Å². The van der Waals surface area contributed by atoms with Gasteiger partial charge in [0.25, 0.3) is 0 Å². The van der Waals surface area contributed by atoms with E-state index in [4.69, 9.17) is 15.6 Å². The molecule has 3 unspecified atom stereocenters. The molecule has 3 atom stereocenters. The monoisotopic (exact) mass is 242 g/mol. The highest BCUT2D eigenvalue weighted by Crippen LogP contribution is 2.23. The van der Waals surface area contributed by atoms with Crippen molar-refractivity contribution in [1.29, 1.82) is 0 Å². The molecule has 0 spiro atoms. The maximum Gasteiger partial charge on any atom is 0.0932 e. The van der Waals surface area contributed by atoms with Crippen LogP contribution in [0.5, 0.6) is 0 Å². The molecule has 2 aliphatic rings. The van der Waals surface area contributed by atoms with Crippen molar-refractivity contribution >= 4 is 0 Å². The number of aliphatic hydroxyl groups excluding tert-OH is 1. The van der Waals surface area contributed by atoms with E-state index in [1.54, 1.807) is 0 Å². The summed E-state index contributed by atoms with van der Waals surface area (Å²) in [6.45, 7) is 3.81. The third-order valence-corrected chi connectivity index (χ3v) is 4.14. The fourth-order valence-electron chi connectivity index (χ4n) is 3.03. The maximum absolute atomic E-state index is 9.14. The predicted octanol–water partition coefficient (Wildman–Crippen LogP) is 0.587. The fraction of sp³-hybridized carbons (Fsp3) is 1.00. The van der Waals surface area contributed by atoms with Crippen LogP contribution in [-0.2, 0) is 4.74 Å². The molecule has 0 radical (unpaired) electrons. The van der Waals surface area contributed by atoms with Gasteiger partial charge in [0.2, 0.25) is 0 Å². The standard InChI is InChI=1S/C13H26N2O2/c14-13-5-3-1-2-4-11(13)8-15-6-7-17-12(9-15)10-16/h11-13,16H,1-10,14H2. The van der Waals surface area contributed by atoms with Crippen molar-refractivity contribution in [1.82, 2.24) is 4.90 Å². The summed E-state index contributed by atoms with van der Waals surface area (Å²) in [5.74, 6) is 0.634. The molecule has 1 aliphatic carbocycles. The summed E-state index contributed by atoms with van der Waals surface area (Å²) in [5.41, 5.74) is 6.26. The largest absolute Gasteiger partial charge is 0.394 e. The quantitative estimate of drug-likeness (QED) is 0.711. The van der Waals surface area contributed by atoms with Gasteiger partial charge in [-0.3, -0.25) is 4.90 Å². The van der Waals surface area contributed by atoms with E-state index in [-0.39, 0.29) is 12.7 Å². The van der Waals surface area contributed by atoms with Gasteiger partial charge >= 0.3 is 0 Å². The van der Waals surface area contributed by atoms with Gasteiger partial charge in [-0.1, -0.05) is 19.3 Å². The molecule has 2 rings (SSSR count). The van der Waals surface area contributed by atoms with E-state index >= 15 is 0 Å². The number of nitrogens with two attached hydrogens (primary N) is 1. The Bertz CT molecular complexity index is 225. The molecule has 2 fully saturated rings. The molecule has 1 saturated carbocycles. The van der Waals surface area contributed by atoms with Gasteiger partial charge < -0.3 is 15.6 Å². The summed E-state index contributed by atoms with van der Waals surface area (Å²) in [4.78, 5) is 2.42. The Kier molecular flexibility index (Phi) is 5.22. The SMILES string of the molecule is NC1CCCCCC1CN1CCOC(CO)C1. The van der Waals surface area contributed by atoms with E-state index in [9.17, 15) is 0 Å². The van der Waals surface area contributed by atoms with Crippen molar-refractivity contribution < 1.29 is 9.84 Å². The molecule has 17 heavy (non-hydrogen) atoms. The van der Waals surface area contributed by atoms with Gasteiger partial charge in [0, 0.05) is 25.7 Å². The summed E-state index contributed by atoms with van der Waals surface area (Å²) in [6, 6.07) is 0.368. The highest BCUT2D eigenvalue weighted by atomic mass is 16.5. The van der Waals surface area contributed by atoms with Gasteiger partial charge in [-0.05, 0) is 18.8 Å². The van der Waals surface area contributed by atoms with Crippen LogP contribution in [0.3, 0.4) is 0 Å². The van der Waals surface area contributed by atoms with Crippen molar-refractivity contribution in [2.24, 2.45) is 11.7 Å². The van der Waals surface area contributed by atoms with Crippen LogP contribution in [0, 0.1) is 5.92 Å². The van der Waals surface area contributed by atoms with Gasteiger partial charge in [-0.2, -0.15) is 0 Å². The number of morpholine rings is 1. The average Bonchev–Trinajstić information content (AvgIpc) is 2.55. The van der Waals surface area contributed by atoms with Crippen LogP contribution in [-0.4, -0.2) is 55.0 Å². The molecule has 0 bridgehead atoms. The Morgan fingerprint density at radius 2 is 2.06 bits per heavy atom. The summed E-state index contributed by atoms with van der Waals surface area (Å²) >= 11 is 0. The van der Waals surface area contributed by atoms with Gasteiger partial charge in [-0.15, -0.1) is 0 Å². The maximum atomic E-state index is 9.14. The molecule has 0 aromatic heterocycles. The highest BCUT2D eigenvalue weighted by Gasteiger charge is 2.26. The molecule has 4 heteroatoms. The molecular weight excluding hydrogens is 216 g/mol. The zero-order valence-corrected chi connectivity index (χ0v) is 10.7. The minimum absolute atomic E-state index is 0.00533. The summed E-state index contributed by atoms with van der Waals surface area (Å²) in [7, 11) is 0. The Morgan fingerprint density at radius 1 is 1.24 bits per heavy atom. The molecule has 0 amide bonds. The molecular formula is C13H26N2O2. The number of rotatable bonds is 3. The van der Waals surface area contributed by atoms with E-state index < -0.39 is 0 Å². The van der Waals surface area contributed by atoms with E-state index in [1.807, 2.05) is 0 Å². The summed E-state index contributed by atoms with van der Waals surface area (Å²) < 4.78 is 5.48. The second kappa shape index (κ2) is 6.69. The lowest BCUT2D eigenvalue weighted by molar-refractivity contribution is -0.0571. The topological polar surface area (TPSA) is 58.7 Å². The van der Waals surface area contributed by atoms with Crippen molar-refractivity contribution in [3.8, 4) is 0 Å². The van der Waals surface area contributed by atoms with Crippen molar-refractivity contribution in [3.05, 3.63) is 0 Å². The van der Waals surface area contributed by atoms with Crippen molar-refractivity contribution in [3.63, 3.8) is 0 Å². The third kappa shape index (κ3) is 3.91. The lowest BCUT2D eigenvalue weighted by Gasteiger charge is -2.35. The van der Waals surface area contributed by atoms with E-state index in [0.717, 1.165) is 26.2 Å². The number of nitrogens with zero attached hydrogens (tertiary/aromatic N) is 1. The Morgan fingerprint density at radius 3 is 2.88 bits per heavy atom. The first-order chi connectivity index (χ1) is 8.29. The Labute approximate surface area is 104 Å². The van der Waals surface area contributed by atoms with Crippen LogP contribution in [0.4, 0.5) is 0 Å². The summed E-state index contributed by atoms with van der Waals surface area (Å²) in [6.07, 6.45) is 6.41. The number of ether oxygens (including phenoxy) is 1. The first-order valence-corrected chi connectivity index (χ1v) is 7.00. The van der Waals surface area contributed by atoms with Gasteiger partial charge in [0.1, 0.15) is 0 Å². The second-order valence-electron chi connectivity index (χ2n) is 5.50. The molecule has 1 aliphatic heterocycles. The van der Waals surface area contributed by atoms with Gasteiger partial charge in [0.15, 0.2) is 0 Å². The molecule has 0 aromatic rings. The second-order valence-corrected chi connectivity index (χ2v) is 5.50. The number of hydrogen-bond donors (Lipinski definition) is 2. The fourth-order valence-corrected chi connectivity index (χ4v) is 3.03. The minimum Gasteiger partial charge on any atom is -0.394 e. The molecule has 1 heterocycles. The molecule has 100 valence electrons. The minimum atomic E-state index is 0.00533. The average molecular weight is 242 g/mol.